The van der Waals surface area contributed by atoms with Crippen molar-refractivity contribution >= 4 is 12.0 Å². The van der Waals surface area contributed by atoms with Gasteiger partial charge < -0.3 is 14.2 Å². The summed E-state index contributed by atoms with van der Waals surface area (Å²) in [5.41, 5.74) is -3.27. The largest absolute Gasteiger partial charge is 0.493 e. The van der Waals surface area contributed by atoms with Crippen molar-refractivity contribution in [3.8, 4) is 11.5 Å². The van der Waals surface area contributed by atoms with E-state index in [0.29, 0.717) is 12.1 Å². The number of alkyl halides is 6. The third-order valence-electron chi connectivity index (χ3n) is 4.08. The van der Waals surface area contributed by atoms with Crippen LogP contribution in [0.15, 0.2) is 42.2 Å². The van der Waals surface area contributed by atoms with Crippen molar-refractivity contribution in [3.05, 3.63) is 64.5 Å². The van der Waals surface area contributed by atoms with Crippen LogP contribution in [-0.2, 0) is 28.5 Å². The standard InChI is InChI=1S/C21H17F7O4/c1-3-31-19(29)16(22)8-12-4-7-17(18(9-12)30-2)32-11-13-5-6-14(20(23,24)25)10-15(13)21(26,27)28/h4-10H,3,11H2,1-2H3/b16-8-. The summed E-state index contributed by atoms with van der Waals surface area (Å²) in [5.74, 6) is -2.40. The van der Waals surface area contributed by atoms with Gasteiger partial charge in [-0.05, 0) is 42.8 Å². The van der Waals surface area contributed by atoms with E-state index in [-0.39, 0.29) is 29.7 Å². The summed E-state index contributed by atoms with van der Waals surface area (Å²) in [6, 6.07) is 5.03. The van der Waals surface area contributed by atoms with Crippen molar-refractivity contribution in [1.82, 2.24) is 0 Å². The molecular weight excluding hydrogens is 449 g/mol. The molecule has 0 bridgehead atoms. The predicted molar refractivity (Wildman–Crippen MR) is 99.5 cm³/mol. The molecule has 0 N–H and O–H groups in total. The lowest BCUT2D eigenvalue weighted by molar-refractivity contribution is -0.144. The Balaban J connectivity index is 2.29. The number of rotatable bonds is 7. The summed E-state index contributed by atoms with van der Waals surface area (Å²) in [5, 5.41) is 0. The Bertz CT molecular complexity index is 995. The van der Waals surface area contributed by atoms with Crippen LogP contribution in [0.3, 0.4) is 0 Å². The van der Waals surface area contributed by atoms with Crippen LogP contribution in [0.5, 0.6) is 11.5 Å². The van der Waals surface area contributed by atoms with Gasteiger partial charge in [0.1, 0.15) is 6.61 Å². The van der Waals surface area contributed by atoms with Gasteiger partial charge in [-0.2, -0.15) is 30.7 Å². The van der Waals surface area contributed by atoms with E-state index in [1.165, 1.54) is 32.2 Å². The fourth-order valence-electron chi connectivity index (χ4n) is 2.60. The number of esters is 1. The van der Waals surface area contributed by atoms with Crippen molar-refractivity contribution in [3.63, 3.8) is 0 Å². The number of hydrogen-bond donors (Lipinski definition) is 0. The number of hydrogen-bond acceptors (Lipinski definition) is 4. The Hall–Kier alpha value is -3.24. The van der Waals surface area contributed by atoms with E-state index < -0.39 is 47.4 Å². The second-order valence-corrected chi connectivity index (χ2v) is 6.28. The van der Waals surface area contributed by atoms with E-state index in [1.54, 1.807) is 0 Å². The van der Waals surface area contributed by atoms with E-state index in [1.807, 2.05) is 0 Å². The minimum Gasteiger partial charge on any atom is -0.493 e. The van der Waals surface area contributed by atoms with E-state index >= 15 is 0 Å². The molecule has 0 spiro atoms. The lowest BCUT2D eigenvalue weighted by Crippen LogP contribution is -2.14. The highest BCUT2D eigenvalue weighted by Gasteiger charge is 2.38. The number of benzene rings is 2. The molecule has 0 unspecified atom stereocenters. The van der Waals surface area contributed by atoms with Crippen LogP contribution in [0.4, 0.5) is 30.7 Å². The molecule has 2 rings (SSSR count). The summed E-state index contributed by atoms with van der Waals surface area (Å²) in [4.78, 5) is 11.3. The van der Waals surface area contributed by atoms with E-state index in [0.717, 1.165) is 6.08 Å². The first-order chi connectivity index (χ1) is 14.9. The Labute approximate surface area is 178 Å². The maximum absolute atomic E-state index is 13.8. The molecule has 11 heteroatoms. The molecule has 0 atom stereocenters. The highest BCUT2D eigenvalue weighted by molar-refractivity contribution is 5.91. The van der Waals surface area contributed by atoms with Crippen molar-refractivity contribution in [2.75, 3.05) is 13.7 Å². The Kier molecular flexibility index (Phi) is 7.76. The normalized spacial score (nSPS) is 12.5. The molecule has 0 aromatic heterocycles. The molecule has 174 valence electrons. The van der Waals surface area contributed by atoms with Crippen molar-refractivity contribution in [2.24, 2.45) is 0 Å². The van der Waals surface area contributed by atoms with Gasteiger partial charge in [-0.3, -0.25) is 0 Å². The molecular formula is C21H17F7O4. The molecule has 32 heavy (non-hydrogen) atoms. The maximum atomic E-state index is 13.8. The molecule has 0 aliphatic carbocycles. The van der Waals surface area contributed by atoms with Gasteiger partial charge >= 0.3 is 18.3 Å². The molecule has 2 aromatic rings. The van der Waals surface area contributed by atoms with Gasteiger partial charge in [-0.25, -0.2) is 4.79 Å². The summed E-state index contributed by atoms with van der Waals surface area (Å²) < 4.78 is 107. The second-order valence-electron chi connectivity index (χ2n) is 6.28. The first-order valence-corrected chi connectivity index (χ1v) is 8.99. The van der Waals surface area contributed by atoms with E-state index in [4.69, 9.17) is 9.47 Å². The monoisotopic (exact) mass is 466 g/mol. The highest BCUT2D eigenvalue weighted by Crippen LogP contribution is 2.38. The average molecular weight is 466 g/mol. The topological polar surface area (TPSA) is 44.8 Å². The van der Waals surface area contributed by atoms with E-state index in [9.17, 15) is 35.5 Å². The number of carbonyl (C=O) groups is 1. The summed E-state index contributed by atoms with van der Waals surface area (Å²) in [6.07, 6.45) is -9.12. The van der Waals surface area contributed by atoms with Gasteiger partial charge in [0.25, 0.3) is 0 Å². The van der Waals surface area contributed by atoms with Crippen molar-refractivity contribution < 1.29 is 49.7 Å². The molecule has 0 fully saturated rings. The minimum absolute atomic E-state index is 0.00382. The minimum atomic E-state index is -5.04. The lowest BCUT2D eigenvalue weighted by Gasteiger charge is -2.17. The number of carbonyl (C=O) groups excluding carboxylic acids is 1. The van der Waals surface area contributed by atoms with E-state index in [2.05, 4.69) is 4.74 Å². The predicted octanol–water partition coefficient (Wildman–Crippen LogP) is 6.19. The second kappa shape index (κ2) is 9.92. The Morgan fingerprint density at radius 1 is 0.969 bits per heavy atom. The van der Waals surface area contributed by atoms with Crippen LogP contribution < -0.4 is 9.47 Å². The third-order valence-corrected chi connectivity index (χ3v) is 4.08. The number of methoxy groups -OCH3 is 1. The highest BCUT2D eigenvalue weighted by atomic mass is 19.4. The maximum Gasteiger partial charge on any atom is 0.416 e. The SMILES string of the molecule is CCOC(=O)/C(F)=C/c1ccc(OCc2ccc(C(F)(F)F)cc2C(F)(F)F)c(OC)c1. The summed E-state index contributed by atoms with van der Waals surface area (Å²) in [6.45, 7) is 0.761. The molecule has 0 aliphatic heterocycles. The third kappa shape index (κ3) is 6.38. The first-order valence-electron chi connectivity index (χ1n) is 8.99. The zero-order valence-corrected chi connectivity index (χ0v) is 16.7. The Morgan fingerprint density at radius 2 is 1.66 bits per heavy atom. The van der Waals surface area contributed by atoms with Crippen LogP contribution in [0.1, 0.15) is 29.2 Å². The van der Waals surface area contributed by atoms with Crippen LogP contribution in [-0.4, -0.2) is 19.7 Å². The summed E-state index contributed by atoms with van der Waals surface area (Å²) >= 11 is 0. The Morgan fingerprint density at radius 3 is 2.22 bits per heavy atom. The zero-order chi connectivity index (χ0) is 24.1. The van der Waals surface area contributed by atoms with Gasteiger partial charge in [0, 0.05) is 5.56 Å². The molecule has 0 radical (unpaired) electrons. The van der Waals surface area contributed by atoms with Gasteiger partial charge in [0.05, 0.1) is 24.8 Å². The molecule has 0 saturated heterocycles. The van der Waals surface area contributed by atoms with Crippen molar-refractivity contribution in [1.29, 1.82) is 0 Å². The quantitative estimate of drug-likeness (QED) is 0.278. The van der Waals surface area contributed by atoms with Crippen LogP contribution in [0.2, 0.25) is 0 Å². The lowest BCUT2D eigenvalue weighted by atomic mass is 10.0. The fraction of sp³-hybridized carbons (Fsp3) is 0.286. The van der Waals surface area contributed by atoms with Gasteiger partial charge in [0.15, 0.2) is 11.5 Å². The smallest absolute Gasteiger partial charge is 0.416 e. The van der Waals surface area contributed by atoms with Crippen LogP contribution >= 0.6 is 0 Å². The van der Waals surface area contributed by atoms with Crippen LogP contribution in [0, 0.1) is 0 Å². The van der Waals surface area contributed by atoms with Gasteiger partial charge in [-0.1, -0.05) is 12.1 Å². The average Bonchev–Trinajstić information content (AvgIpc) is 2.71. The van der Waals surface area contributed by atoms with Gasteiger partial charge in [-0.15, -0.1) is 0 Å². The van der Waals surface area contributed by atoms with Gasteiger partial charge in [0.2, 0.25) is 5.83 Å². The molecule has 0 heterocycles. The van der Waals surface area contributed by atoms with Crippen molar-refractivity contribution in [2.45, 2.75) is 25.9 Å². The zero-order valence-electron chi connectivity index (χ0n) is 16.7. The summed E-state index contributed by atoms with van der Waals surface area (Å²) in [7, 11) is 1.22. The molecule has 2 aromatic carbocycles. The molecule has 4 nitrogen and oxygen atoms in total. The molecule has 0 saturated carbocycles. The van der Waals surface area contributed by atoms with Crippen LogP contribution in [0.25, 0.3) is 6.08 Å². The first kappa shape index (κ1) is 25.0. The molecule has 0 aliphatic rings. The molecule has 0 amide bonds. The fourth-order valence-corrected chi connectivity index (χ4v) is 2.60. The number of ether oxygens (including phenoxy) is 3. The number of halogens is 7.